The second-order valence-electron chi connectivity index (χ2n) is 2.62. The molecule has 1 rings (SSSR count). The van der Waals surface area contributed by atoms with Gasteiger partial charge in [0.25, 0.3) is 0 Å². The van der Waals surface area contributed by atoms with Gasteiger partial charge in [-0.15, -0.1) is 12.4 Å². The highest BCUT2D eigenvalue weighted by Crippen LogP contribution is 2.07. The van der Waals surface area contributed by atoms with Gasteiger partial charge in [0, 0.05) is 23.5 Å². The molecule has 1 aromatic rings. The maximum absolute atomic E-state index is 5.52. The summed E-state index contributed by atoms with van der Waals surface area (Å²) < 4.78 is 0. The molecule has 0 saturated heterocycles. The number of nitrogens with two attached hydrogens (primary N) is 1. The molecular weight excluding hydrogens is 174 g/mol. The number of hydrogen-bond donors (Lipinski definition) is 1. The molecule has 2 N–H and O–H groups in total. The van der Waals surface area contributed by atoms with Crippen LogP contribution in [0.15, 0.2) is 0 Å². The third kappa shape index (κ3) is 2.16. The molecule has 0 fully saturated rings. The molecule has 0 radical (unpaired) electrons. The number of rotatable bonds is 1. The lowest BCUT2D eigenvalue weighted by Crippen LogP contribution is -2.07. The van der Waals surface area contributed by atoms with Crippen LogP contribution in [-0.4, -0.2) is 9.97 Å². The molecule has 0 unspecified atom stereocenters. The topological polar surface area (TPSA) is 51.8 Å². The summed E-state index contributed by atoms with van der Waals surface area (Å²) in [6.07, 6.45) is 0. The highest BCUT2D eigenvalue weighted by molar-refractivity contribution is 5.85. The maximum Gasteiger partial charge on any atom is 0.125 e. The van der Waals surface area contributed by atoms with E-state index in [0.717, 1.165) is 22.8 Å². The first kappa shape index (κ1) is 11.3. The van der Waals surface area contributed by atoms with E-state index in [9.17, 15) is 0 Å². The Balaban J connectivity index is 0.00000121. The van der Waals surface area contributed by atoms with Gasteiger partial charge in [0.05, 0.1) is 0 Å². The van der Waals surface area contributed by atoms with Crippen molar-refractivity contribution < 1.29 is 0 Å². The van der Waals surface area contributed by atoms with E-state index in [1.165, 1.54) is 0 Å². The lowest BCUT2D eigenvalue weighted by Gasteiger charge is -2.05. The monoisotopic (exact) mass is 187 g/mol. The molecule has 0 aliphatic heterocycles. The summed E-state index contributed by atoms with van der Waals surface area (Å²) in [4.78, 5) is 8.43. The Hall–Kier alpha value is -0.670. The van der Waals surface area contributed by atoms with Crippen molar-refractivity contribution in [1.82, 2.24) is 9.97 Å². The van der Waals surface area contributed by atoms with E-state index in [-0.39, 0.29) is 12.4 Å². The molecule has 0 saturated carbocycles. The predicted octanol–water partition coefficient (Wildman–Crippen LogP) is 1.28. The molecule has 12 heavy (non-hydrogen) atoms. The van der Waals surface area contributed by atoms with Gasteiger partial charge in [-0.05, 0) is 20.8 Å². The molecule has 0 bridgehead atoms. The summed E-state index contributed by atoms with van der Waals surface area (Å²) >= 11 is 0. The normalized spacial score (nSPS) is 9.33. The van der Waals surface area contributed by atoms with E-state index in [1.807, 2.05) is 20.8 Å². The van der Waals surface area contributed by atoms with Crippen molar-refractivity contribution in [2.24, 2.45) is 5.73 Å². The second-order valence-corrected chi connectivity index (χ2v) is 2.62. The Kier molecular flexibility index (Phi) is 4.13. The van der Waals surface area contributed by atoms with Gasteiger partial charge in [0.1, 0.15) is 5.82 Å². The van der Waals surface area contributed by atoms with Crippen LogP contribution < -0.4 is 5.73 Å². The molecule has 0 aromatic carbocycles. The van der Waals surface area contributed by atoms with Crippen LogP contribution in [0.4, 0.5) is 0 Å². The van der Waals surface area contributed by atoms with Gasteiger partial charge >= 0.3 is 0 Å². The van der Waals surface area contributed by atoms with Crippen LogP contribution in [0, 0.1) is 20.8 Å². The van der Waals surface area contributed by atoms with Crippen molar-refractivity contribution in [3.05, 3.63) is 22.8 Å². The Morgan fingerprint density at radius 1 is 1.08 bits per heavy atom. The second kappa shape index (κ2) is 4.38. The molecule has 0 aliphatic carbocycles. The number of halogens is 1. The highest BCUT2D eigenvalue weighted by Gasteiger charge is 2.02. The number of nitrogens with zero attached hydrogens (tertiary/aromatic N) is 2. The minimum Gasteiger partial charge on any atom is -0.326 e. The fourth-order valence-electron chi connectivity index (χ4n) is 1.20. The fourth-order valence-corrected chi connectivity index (χ4v) is 1.20. The largest absolute Gasteiger partial charge is 0.326 e. The summed E-state index contributed by atoms with van der Waals surface area (Å²) in [6, 6.07) is 0. The van der Waals surface area contributed by atoms with Gasteiger partial charge in [0.2, 0.25) is 0 Å². The van der Waals surface area contributed by atoms with Crippen LogP contribution in [0.25, 0.3) is 0 Å². The van der Waals surface area contributed by atoms with E-state index in [2.05, 4.69) is 9.97 Å². The SMILES string of the molecule is Cc1nc(C)c(CN)c(C)n1.Cl. The van der Waals surface area contributed by atoms with Gasteiger partial charge in [-0.2, -0.15) is 0 Å². The smallest absolute Gasteiger partial charge is 0.125 e. The average molecular weight is 188 g/mol. The van der Waals surface area contributed by atoms with Crippen LogP contribution in [-0.2, 0) is 6.54 Å². The standard InChI is InChI=1S/C8H13N3.ClH/c1-5-8(4-9)6(2)11-7(3)10-5;/h4,9H2,1-3H3;1H. The number of aromatic nitrogens is 2. The number of hydrogen-bond acceptors (Lipinski definition) is 3. The molecule has 4 heteroatoms. The molecule has 0 amide bonds. The zero-order valence-corrected chi connectivity index (χ0v) is 8.40. The van der Waals surface area contributed by atoms with E-state index < -0.39 is 0 Å². The summed E-state index contributed by atoms with van der Waals surface area (Å²) in [5.74, 6) is 0.817. The van der Waals surface area contributed by atoms with Crippen LogP contribution in [0.2, 0.25) is 0 Å². The van der Waals surface area contributed by atoms with E-state index in [4.69, 9.17) is 5.73 Å². The summed E-state index contributed by atoms with van der Waals surface area (Å²) in [7, 11) is 0. The Morgan fingerprint density at radius 3 is 1.83 bits per heavy atom. The Morgan fingerprint density at radius 2 is 1.50 bits per heavy atom. The Bertz CT molecular complexity index is 250. The van der Waals surface area contributed by atoms with Crippen molar-refractivity contribution in [1.29, 1.82) is 0 Å². The minimum absolute atomic E-state index is 0. The summed E-state index contributed by atoms with van der Waals surface area (Å²) in [5.41, 5.74) is 8.58. The quantitative estimate of drug-likeness (QED) is 0.721. The van der Waals surface area contributed by atoms with Crippen molar-refractivity contribution in [3.63, 3.8) is 0 Å². The molecule has 1 aromatic heterocycles. The van der Waals surface area contributed by atoms with E-state index in [0.29, 0.717) is 6.54 Å². The first-order valence-electron chi connectivity index (χ1n) is 3.66. The van der Waals surface area contributed by atoms with Gasteiger partial charge in [0.15, 0.2) is 0 Å². The molecule has 0 aliphatic rings. The average Bonchev–Trinajstić information content (AvgIpc) is 1.85. The lowest BCUT2D eigenvalue weighted by atomic mass is 10.2. The molecule has 68 valence electrons. The van der Waals surface area contributed by atoms with Gasteiger partial charge in [-0.1, -0.05) is 0 Å². The lowest BCUT2D eigenvalue weighted by molar-refractivity contribution is 0.897. The van der Waals surface area contributed by atoms with Crippen molar-refractivity contribution in [2.75, 3.05) is 0 Å². The zero-order valence-electron chi connectivity index (χ0n) is 7.59. The van der Waals surface area contributed by atoms with Crippen molar-refractivity contribution in [3.8, 4) is 0 Å². The maximum atomic E-state index is 5.52. The van der Waals surface area contributed by atoms with Crippen molar-refractivity contribution in [2.45, 2.75) is 27.3 Å². The minimum atomic E-state index is 0. The third-order valence-electron chi connectivity index (χ3n) is 1.74. The first-order chi connectivity index (χ1) is 5.15. The van der Waals surface area contributed by atoms with Gasteiger partial charge < -0.3 is 5.73 Å². The fraction of sp³-hybridized carbons (Fsp3) is 0.500. The predicted molar refractivity (Wildman–Crippen MR) is 51.4 cm³/mol. The summed E-state index contributed by atoms with van der Waals surface area (Å²) in [5, 5.41) is 0. The summed E-state index contributed by atoms with van der Waals surface area (Å²) in [6.45, 7) is 6.34. The number of aryl methyl sites for hydroxylation is 3. The van der Waals surface area contributed by atoms with Crippen LogP contribution >= 0.6 is 12.4 Å². The molecule has 1 heterocycles. The zero-order chi connectivity index (χ0) is 8.43. The first-order valence-corrected chi connectivity index (χ1v) is 3.66. The van der Waals surface area contributed by atoms with Gasteiger partial charge in [-0.25, -0.2) is 9.97 Å². The van der Waals surface area contributed by atoms with Crippen LogP contribution in [0.5, 0.6) is 0 Å². The molecule has 3 nitrogen and oxygen atoms in total. The van der Waals surface area contributed by atoms with E-state index in [1.54, 1.807) is 0 Å². The van der Waals surface area contributed by atoms with Crippen LogP contribution in [0.3, 0.4) is 0 Å². The van der Waals surface area contributed by atoms with E-state index >= 15 is 0 Å². The molecule has 0 spiro atoms. The highest BCUT2D eigenvalue weighted by atomic mass is 35.5. The van der Waals surface area contributed by atoms with Crippen LogP contribution in [0.1, 0.15) is 22.8 Å². The molecular formula is C8H14ClN3. The van der Waals surface area contributed by atoms with Crippen molar-refractivity contribution >= 4 is 12.4 Å². The van der Waals surface area contributed by atoms with Gasteiger partial charge in [-0.3, -0.25) is 0 Å². The Labute approximate surface area is 78.8 Å². The third-order valence-corrected chi connectivity index (χ3v) is 1.74. The molecule has 0 atom stereocenters.